The molecule has 25 heavy (non-hydrogen) atoms. The van der Waals surface area contributed by atoms with Gasteiger partial charge in [0.05, 0.1) is 6.04 Å². The van der Waals surface area contributed by atoms with Gasteiger partial charge in [-0.15, -0.1) is 0 Å². The topological polar surface area (TPSA) is 93.5 Å². The number of benzene rings is 1. The number of amides is 2. The van der Waals surface area contributed by atoms with Crippen LogP contribution in [-0.4, -0.2) is 31.1 Å². The first kappa shape index (κ1) is 19.4. The summed E-state index contributed by atoms with van der Waals surface area (Å²) in [6.45, 7) is 8.79. The van der Waals surface area contributed by atoms with E-state index in [0.29, 0.717) is 24.6 Å². The molecule has 1 fully saturated rings. The standard InChI is InChI=1S/C19H29N3O3/c1-12-5-6-14(11-15(12)22-18(24)19(2,3)4)21-17(23)16(20)13-7-9-25-10-8-13/h5-6,11,13,16H,7-10,20H2,1-4H3,(H,21,23)(H,22,24). The average molecular weight is 347 g/mol. The lowest BCUT2D eigenvalue weighted by Crippen LogP contribution is -2.44. The first-order valence-electron chi connectivity index (χ1n) is 8.75. The molecule has 1 aliphatic rings. The quantitative estimate of drug-likeness (QED) is 0.780. The number of rotatable bonds is 4. The van der Waals surface area contributed by atoms with Crippen LogP contribution in [0.25, 0.3) is 0 Å². The average Bonchev–Trinajstić information content (AvgIpc) is 2.57. The summed E-state index contributed by atoms with van der Waals surface area (Å²) < 4.78 is 5.31. The maximum Gasteiger partial charge on any atom is 0.241 e. The van der Waals surface area contributed by atoms with Crippen molar-refractivity contribution in [1.82, 2.24) is 0 Å². The maximum atomic E-state index is 12.4. The summed E-state index contributed by atoms with van der Waals surface area (Å²) in [7, 11) is 0. The fourth-order valence-electron chi connectivity index (χ4n) is 2.66. The summed E-state index contributed by atoms with van der Waals surface area (Å²) in [5, 5.41) is 5.78. The van der Waals surface area contributed by atoms with Crippen LogP contribution in [0.1, 0.15) is 39.2 Å². The van der Waals surface area contributed by atoms with E-state index in [-0.39, 0.29) is 17.7 Å². The van der Waals surface area contributed by atoms with Crippen LogP contribution in [0.5, 0.6) is 0 Å². The molecule has 1 atom stereocenters. The van der Waals surface area contributed by atoms with Gasteiger partial charge in [0, 0.05) is 30.0 Å². The number of carbonyl (C=O) groups excluding carboxylic acids is 2. The van der Waals surface area contributed by atoms with Crippen molar-refractivity contribution in [2.24, 2.45) is 17.1 Å². The number of carbonyl (C=O) groups is 2. The highest BCUT2D eigenvalue weighted by Crippen LogP contribution is 2.24. The molecule has 0 spiro atoms. The summed E-state index contributed by atoms with van der Waals surface area (Å²) in [5.41, 5.74) is 7.87. The van der Waals surface area contributed by atoms with Crippen LogP contribution in [-0.2, 0) is 14.3 Å². The monoisotopic (exact) mass is 347 g/mol. The lowest BCUT2D eigenvalue weighted by atomic mass is 9.92. The predicted octanol–water partition coefficient (Wildman–Crippen LogP) is 2.67. The van der Waals surface area contributed by atoms with Crippen molar-refractivity contribution in [2.45, 2.75) is 46.6 Å². The molecule has 1 aromatic rings. The maximum absolute atomic E-state index is 12.4. The van der Waals surface area contributed by atoms with E-state index in [4.69, 9.17) is 10.5 Å². The molecule has 0 aliphatic carbocycles. The normalized spacial score (nSPS) is 17.0. The molecule has 1 unspecified atom stereocenters. The summed E-state index contributed by atoms with van der Waals surface area (Å²) in [6.07, 6.45) is 1.60. The van der Waals surface area contributed by atoms with Crippen LogP contribution in [0, 0.1) is 18.3 Å². The third-order valence-corrected chi connectivity index (χ3v) is 4.51. The fraction of sp³-hybridized carbons (Fsp3) is 0.579. The number of ether oxygens (including phenoxy) is 1. The number of aryl methyl sites for hydroxylation is 1. The third kappa shape index (κ3) is 5.28. The Morgan fingerprint density at radius 2 is 1.84 bits per heavy atom. The van der Waals surface area contributed by atoms with E-state index in [1.807, 2.05) is 39.8 Å². The smallest absolute Gasteiger partial charge is 0.241 e. The van der Waals surface area contributed by atoms with Gasteiger partial charge >= 0.3 is 0 Å². The highest BCUT2D eigenvalue weighted by molar-refractivity contribution is 5.98. The molecular weight excluding hydrogens is 318 g/mol. The third-order valence-electron chi connectivity index (χ3n) is 4.51. The second-order valence-corrected chi connectivity index (χ2v) is 7.70. The van der Waals surface area contributed by atoms with Crippen LogP contribution < -0.4 is 16.4 Å². The van der Waals surface area contributed by atoms with Gasteiger partial charge in [0.2, 0.25) is 11.8 Å². The van der Waals surface area contributed by atoms with Crippen LogP contribution in [0.15, 0.2) is 18.2 Å². The van der Waals surface area contributed by atoms with Crippen LogP contribution >= 0.6 is 0 Å². The van der Waals surface area contributed by atoms with Gasteiger partial charge in [-0.3, -0.25) is 9.59 Å². The van der Waals surface area contributed by atoms with E-state index in [1.165, 1.54) is 0 Å². The molecule has 1 heterocycles. The van der Waals surface area contributed by atoms with Crippen molar-refractivity contribution in [1.29, 1.82) is 0 Å². The molecule has 138 valence electrons. The summed E-state index contributed by atoms with van der Waals surface area (Å²) in [5.74, 6) is -0.138. The zero-order chi connectivity index (χ0) is 18.6. The zero-order valence-electron chi connectivity index (χ0n) is 15.5. The van der Waals surface area contributed by atoms with E-state index in [1.54, 1.807) is 6.07 Å². The van der Waals surface area contributed by atoms with Gasteiger partial charge in [-0.05, 0) is 43.4 Å². The van der Waals surface area contributed by atoms with Gasteiger partial charge in [-0.1, -0.05) is 26.8 Å². The number of hydrogen-bond donors (Lipinski definition) is 3. The molecule has 2 rings (SSSR count). The minimum atomic E-state index is -0.558. The lowest BCUT2D eigenvalue weighted by Gasteiger charge is -2.26. The van der Waals surface area contributed by atoms with Gasteiger partial charge < -0.3 is 21.1 Å². The Kier molecular flexibility index (Phi) is 6.19. The Hall–Kier alpha value is -1.92. The molecule has 0 saturated carbocycles. The van der Waals surface area contributed by atoms with E-state index in [2.05, 4.69) is 10.6 Å². The first-order chi connectivity index (χ1) is 11.7. The van der Waals surface area contributed by atoms with Crippen molar-refractivity contribution in [3.05, 3.63) is 23.8 Å². The Balaban J connectivity index is 2.05. The predicted molar refractivity (Wildman–Crippen MR) is 99.4 cm³/mol. The molecule has 6 nitrogen and oxygen atoms in total. The van der Waals surface area contributed by atoms with Crippen LogP contribution in [0.3, 0.4) is 0 Å². The van der Waals surface area contributed by atoms with E-state index in [0.717, 1.165) is 18.4 Å². The second-order valence-electron chi connectivity index (χ2n) is 7.70. The number of nitrogens with two attached hydrogens (primary N) is 1. The highest BCUT2D eigenvalue weighted by atomic mass is 16.5. The molecule has 0 bridgehead atoms. The summed E-state index contributed by atoms with van der Waals surface area (Å²) in [4.78, 5) is 24.6. The Labute approximate surface area is 149 Å². The molecule has 0 radical (unpaired) electrons. The molecular formula is C19H29N3O3. The zero-order valence-corrected chi connectivity index (χ0v) is 15.5. The van der Waals surface area contributed by atoms with Crippen molar-refractivity contribution in [3.63, 3.8) is 0 Å². The Morgan fingerprint density at radius 1 is 1.20 bits per heavy atom. The van der Waals surface area contributed by atoms with Crippen molar-refractivity contribution in [2.75, 3.05) is 23.8 Å². The Bertz CT molecular complexity index is 631. The summed E-state index contributed by atoms with van der Waals surface area (Å²) >= 11 is 0. The van der Waals surface area contributed by atoms with Gasteiger partial charge in [0.1, 0.15) is 0 Å². The molecule has 1 aliphatic heterocycles. The van der Waals surface area contributed by atoms with Crippen molar-refractivity contribution >= 4 is 23.2 Å². The molecule has 1 aromatic carbocycles. The van der Waals surface area contributed by atoms with Gasteiger partial charge in [0.25, 0.3) is 0 Å². The lowest BCUT2D eigenvalue weighted by molar-refractivity contribution is -0.123. The van der Waals surface area contributed by atoms with Gasteiger partial charge in [-0.25, -0.2) is 0 Å². The molecule has 0 aromatic heterocycles. The number of nitrogens with one attached hydrogen (secondary N) is 2. The van der Waals surface area contributed by atoms with Crippen LogP contribution in [0.2, 0.25) is 0 Å². The molecule has 4 N–H and O–H groups in total. The van der Waals surface area contributed by atoms with Gasteiger partial charge in [-0.2, -0.15) is 0 Å². The van der Waals surface area contributed by atoms with E-state index in [9.17, 15) is 9.59 Å². The van der Waals surface area contributed by atoms with Crippen molar-refractivity contribution < 1.29 is 14.3 Å². The number of anilines is 2. The van der Waals surface area contributed by atoms with Crippen LogP contribution in [0.4, 0.5) is 11.4 Å². The second kappa shape index (κ2) is 7.97. The number of hydrogen-bond acceptors (Lipinski definition) is 4. The van der Waals surface area contributed by atoms with Crippen molar-refractivity contribution in [3.8, 4) is 0 Å². The highest BCUT2D eigenvalue weighted by Gasteiger charge is 2.27. The molecule has 2 amide bonds. The molecule has 1 saturated heterocycles. The van der Waals surface area contributed by atoms with E-state index >= 15 is 0 Å². The first-order valence-corrected chi connectivity index (χ1v) is 8.75. The van der Waals surface area contributed by atoms with E-state index < -0.39 is 11.5 Å². The molecule has 6 heteroatoms. The SMILES string of the molecule is Cc1ccc(NC(=O)C(N)C2CCOCC2)cc1NC(=O)C(C)(C)C. The Morgan fingerprint density at radius 3 is 2.44 bits per heavy atom. The minimum Gasteiger partial charge on any atom is -0.381 e. The minimum absolute atomic E-state index is 0.0713. The van der Waals surface area contributed by atoms with Gasteiger partial charge in [0.15, 0.2) is 0 Å². The fourth-order valence-corrected chi connectivity index (χ4v) is 2.66. The largest absolute Gasteiger partial charge is 0.381 e. The summed E-state index contributed by atoms with van der Waals surface area (Å²) in [6, 6.07) is 4.90.